The van der Waals surface area contributed by atoms with E-state index in [4.69, 9.17) is 4.74 Å². The number of hydrogen-bond donors (Lipinski definition) is 3. The summed E-state index contributed by atoms with van der Waals surface area (Å²) in [7, 11) is 0. The highest BCUT2D eigenvalue weighted by atomic mass is 16.5. The maximum absolute atomic E-state index is 12.7. The summed E-state index contributed by atoms with van der Waals surface area (Å²) in [5.74, 6) is 0.913. The van der Waals surface area contributed by atoms with Gasteiger partial charge in [-0.3, -0.25) is 4.79 Å². The van der Waals surface area contributed by atoms with Gasteiger partial charge in [-0.05, 0) is 36.1 Å². The van der Waals surface area contributed by atoms with Crippen LogP contribution >= 0.6 is 0 Å². The molecule has 2 aromatic carbocycles. The summed E-state index contributed by atoms with van der Waals surface area (Å²) in [6, 6.07) is 16.1. The normalized spacial score (nSPS) is 16.5. The summed E-state index contributed by atoms with van der Waals surface area (Å²) < 4.78 is 5.78. The second-order valence-electron chi connectivity index (χ2n) is 7.42. The third-order valence-electron chi connectivity index (χ3n) is 4.79. The van der Waals surface area contributed by atoms with Crippen molar-refractivity contribution >= 4 is 17.6 Å². The summed E-state index contributed by atoms with van der Waals surface area (Å²) in [6.07, 6.45) is 0.866. The number of carbonyl (C=O) groups excluding carboxylic acids is 2. The average Bonchev–Trinajstić information content (AvgIpc) is 2.70. The summed E-state index contributed by atoms with van der Waals surface area (Å²) >= 11 is 0. The first-order valence-electron chi connectivity index (χ1n) is 9.64. The quantitative estimate of drug-likeness (QED) is 0.719. The fraction of sp³-hybridized carbons (Fsp3) is 0.364. The van der Waals surface area contributed by atoms with Crippen molar-refractivity contribution in [3.8, 4) is 5.75 Å². The lowest BCUT2D eigenvalue weighted by Gasteiger charge is -2.27. The molecule has 0 bridgehead atoms. The van der Waals surface area contributed by atoms with Crippen LogP contribution in [0, 0.1) is 11.8 Å². The number of amides is 3. The molecule has 6 nitrogen and oxygen atoms in total. The van der Waals surface area contributed by atoms with Crippen LogP contribution < -0.4 is 20.7 Å². The predicted molar refractivity (Wildman–Crippen MR) is 109 cm³/mol. The molecule has 0 fully saturated rings. The minimum absolute atomic E-state index is 0.0372. The van der Waals surface area contributed by atoms with Gasteiger partial charge in [-0.25, -0.2) is 4.79 Å². The Morgan fingerprint density at radius 2 is 1.79 bits per heavy atom. The van der Waals surface area contributed by atoms with Gasteiger partial charge < -0.3 is 20.7 Å². The standard InChI is InChI=1S/C22H27N3O3/c1-15(2)20(25-22(27)24-18-9-4-3-5-10-18)21(26)23-13-16-12-17-8-6-7-11-19(17)28-14-16/h3-11,15-16,20H,12-14H2,1-2H3,(H,23,26)(H2,24,25,27). The van der Waals surface area contributed by atoms with E-state index in [2.05, 4.69) is 22.0 Å². The molecule has 0 radical (unpaired) electrons. The molecule has 1 aliphatic rings. The highest BCUT2D eigenvalue weighted by Gasteiger charge is 2.26. The fourth-order valence-electron chi connectivity index (χ4n) is 3.24. The molecule has 0 aliphatic carbocycles. The van der Waals surface area contributed by atoms with E-state index in [1.807, 2.05) is 50.2 Å². The van der Waals surface area contributed by atoms with Crippen LogP contribution in [0.15, 0.2) is 54.6 Å². The van der Waals surface area contributed by atoms with Crippen molar-refractivity contribution in [2.24, 2.45) is 11.8 Å². The molecule has 3 N–H and O–H groups in total. The second-order valence-corrected chi connectivity index (χ2v) is 7.42. The van der Waals surface area contributed by atoms with E-state index in [0.29, 0.717) is 18.8 Å². The van der Waals surface area contributed by atoms with Crippen LogP contribution in [0.4, 0.5) is 10.5 Å². The molecule has 1 aliphatic heterocycles. The van der Waals surface area contributed by atoms with Gasteiger partial charge in [0.25, 0.3) is 0 Å². The van der Waals surface area contributed by atoms with Crippen LogP contribution in [0.3, 0.4) is 0 Å². The molecule has 2 unspecified atom stereocenters. The highest BCUT2D eigenvalue weighted by Crippen LogP contribution is 2.26. The first kappa shape index (κ1) is 19.7. The molecule has 3 amide bonds. The lowest BCUT2D eigenvalue weighted by Crippen LogP contribution is -2.52. The molecule has 2 atom stereocenters. The Kier molecular flexibility index (Phi) is 6.53. The van der Waals surface area contributed by atoms with E-state index >= 15 is 0 Å². The number of para-hydroxylation sites is 2. The minimum atomic E-state index is -0.611. The second kappa shape index (κ2) is 9.26. The van der Waals surface area contributed by atoms with Crippen molar-refractivity contribution in [2.45, 2.75) is 26.3 Å². The van der Waals surface area contributed by atoms with Gasteiger partial charge >= 0.3 is 6.03 Å². The number of hydrogen-bond acceptors (Lipinski definition) is 3. The maximum Gasteiger partial charge on any atom is 0.319 e. The molecule has 2 aromatic rings. The van der Waals surface area contributed by atoms with E-state index in [1.165, 1.54) is 0 Å². The van der Waals surface area contributed by atoms with Gasteiger partial charge in [-0.1, -0.05) is 50.2 Å². The third kappa shape index (κ3) is 5.25. The summed E-state index contributed by atoms with van der Waals surface area (Å²) in [4.78, 5) is 24.9. The highest BCUT2D eigenvalue weighted by molar-refractivity contribution is 5.93. The SMILES string of the molecule is CC(C)C(NC(=O)Nc1ccccc1)C(=O)NCC1COc2ccccc2C1. The van der Waals surface area contributed by atoms with Crippen molar-refractivity contribution in [3.63, 3.8) is 0 Å². The molecular weight excluding hydrogens is 354 g/mol. The first-order chi connectivity index (χ1) is 13.5. The zero-order valence-electron chi connectivity index (χ0n) is 16.3. The lowest BCUT2D eigenvalue weighted by atomic mass is 9.96. The zero-order valence-corrected chi connectivity index (χ0v) is 16.3. The fourth-order valence-corrected chi connectivity index (χ4v) is 3.24. The number of ether oxygens (including phenoxy) is 1. The molecule has 0 aromatic heterocycles. The van der Waals surface area contributed by atoms with Gasteiger partial charge in [0.2, 0.25) is 5.91 Å². The molecule has 0 saturated heterocycles. The van der Waals surface area contributed by atoms with Crippen molar-refractivity contribution in [1.82, 2.24) is 10.6 Å². The Labute approximate surface area is 165 Å². The van der Waals surface area contributed by atoms with E-state index in [0.717, 1.165) is 17.7 Å². The number of rotatable bonds is 6. The van der Waals surface area contributed by atoms with Crippen molar-refractivity contribution in [3.05, 3.63) is 60.2 Å². The van der Waals surface area contributed by atoms with Crippen molar-refractivity contribution < 1.29 is 14.3 Å². The number of urea groups is 1. The molecule has 148 valence electrons. The van der Waals surface area contributed by atoms with Crippen LogP contribution in [-0.4, -0.2) is 31.1 Å². The summed E-state index contributed by atoms with van der Waals surface area (Å²) in [5.41, 5.74) is 1.84. The van der Waals surface area contributed by atoms with Crippen LogP contribution in [0.25, 0.3) is 0 Å². The van der Waals surface area contributed by atoms with Gasteiger partial charge in [-0.15, -0.1) is 0 Å². The third-order valence-corrected chi connectivity index (χ3v) is 4.79. The Balaban J connectivity index is 1.51. The van der Waals surface area contributed by atoms with E-state index < -0.39 is 12.1 Å². The van der Waals surface area contributed by atoms with E-state index in [9.17, 15) is 9.59 Å². The number of nitrogens with one attached hydrogen (secondary N) is 3. The van der Waals surface area contributed by atoms with Crippen LogP contribution in [-0.2, 0) is 11.2 Å². The number of anilines is 1. The van der Waals surface area contributed by atoms with Crippen LogP contribution in [0.1, 0.15) is 19.4 Å². The van der Waals surface area contributed by atoms with Crippen LogP contribution in [0.5, 0.6) is 5.75 Å². The Hall–Kier alpha value is -3.02. The number of carbonyl (C=O) groups is 2. The molecule has 3 rings (SSSR count). The maximum atomic E-state index is 12.7. The molecule has 0 saturated carbocycles. The summed E-state index contributed by atoms with van der Waals surface area (Å²) in [6.45, 7) is 4.91. The van der Waals surface area contributed by atoms with E-state index in [-0.39, 0.29) is 17.7 Å². The minimum Gasteiger partial charge on any atom is -0.493 e. The summed E-state index contributed by atoms with van der Waals surface area (Å²) in [5, 5.41) is 8.50. The van der Waals surface area contributed by atoms with Gasteiger partial charge in [0.05, 0.1) is 6.61 Å². The van der Waals surface area contributed by atoms with Crippen molar-refractivity contribution in [2.75, 3.05) is 18.5 Å². The molecule has 6 heteroatoms. The van der Waals surface area contributed by atoms with Crippen molar-refractivity contribution in [1.29, 1.82) is 0 Å². The zero-order chi connectivity index (χ0) is 19.9. The smallest absolute Gasteiger partial charge is 0.319 e. The lowest BCUT2D eigenvalue weighted by molar-refractivity contribution is -0.124. The average molecular weight is 381 g/mol. The molecule has 28 heavy (non-hydrogen) atoms. The Morgan fingerprint density at radius 1 is 1.07 bits per heavy atom. The molecule has 1 heterocycles. The molecular formula is C22H27N3O3. The van der Waals surface area contributed by atoms with Gasteiger partial charge in [0, 0.05) is 18.2 Å². The first-order valence-corrected chi connectivity index (χ1v) is 9.64. The largest absolute Gasteiger partial charge is 0.493 e. The Bertz CT molecular complexity index is 808. The number of benzene rings is 2. The topological polar surface area (TPSA) is 79.5 Å². The van der Waals surface area contributed by atoms with Gasteiger partial charge in [0.15, 0.2) is 0 Å². The Morgan fingerprint density at radius 3 is 2.54 bits per heavy atom. The van der Waals surface area contributed by atoms with Gasteiger partial charge in [-0.2, -0.15) is 0 Å². The predicted octanol–water partition coefficient (Wildman–Crippen LogP) is 3.20. The van der Waals surface area contributed by atoms with E-state index in [1.54, 1.807) is 12.1 Å². The number of fused-ring (bicyclic) bond motifs is 1. The van der Waals surface area contributed by atoms with Gasteiger partial charge in [0.1, 0.15) is 11.8 Å². The van der Waals surface area contributed by atoms with Crippen LogP contribution in [0.2, 0.25) is 0 Å². The molecule has 0 spiro atoms. The monoisotopic (exact) mass is 381 g/mol.